The lowest BCUT2D eigenvalue weighted by atomic mass is 10.1. The predicted molar refractivity (Wildman–Crippen MR) is 79.0 cm³/mol. The molecule has 2 heterocycles. The summed E-state index contributed by atoms with van der Waals surface area (Å²) < 4.78 is 38.4. The van der Waals surface area contributed by atoms with Crippen LogP contribution < -0.4 is 4.74 Å². The van der Waals surface area contributed by atoms with Crippen LogP contribution in [0.5, 0.6) is 5.75 Å². The molecule has 0 radical (unpaired) electrons. The molecular formula is C15H21NO4S. The van der Waals surface area contributed by atoms with E-state index in [0.29, 0.717) is 24.6 Å². The molecular weight excluding hydrogens is 290 g/mol. The van der Waals surface area contributed by atoms with Gasteiger partial charge in [0.05, 0.1) is 23.2 Å². The second-order valence-corrected chi connectivity index (χ2v) is 8.29. The van der Waals surface area contributed by atoms with Crippen LogP contribution in [0.1, 0.15) is 26.3 Å². The summed E-state index contributed by atoms with van der Waals surface area (Å²) >= 11 is 0. The van der Waals surface area contributed by atoms with E-state index in [2.05, 4.69) is 0 Å². The Kier molecular flexibility index (Phi) is 3.50. The predicted octanol–water partition coefficient (Wildman–Crippen LogP) is 1.81. The summed E-state index contributed by atoms with van der Waals surface area (Å²) in [7, 11) is -3.49. The average molecular weight is 311 g/mol. The van der Waals surface area contributed by atoms with Crippen LogP contribution >= 0.6 is 0 Å². The van der Waals surface area contributed by atoms with E-state index in [1.54, 1.807) is 18.2 Å². The first-order chi connectivity index (χ1) is 9.78. The van der Waals surface area contributed by atoms with Crippen molar-refractivity contribution < 1.29 is 17.9 Å². The van der Waals surface area contributed by atoms with Crippen molar-refractivity contribution in [3.8, 4) is 5.75 Å². The Morgan fingerprint density at radius 2 is 2.10 bits per heavy atom. The van der Waals surface area contributed by atoms with E-state index in [4.69, 9.17) is 9.47 Å². The van der Waals surface area contributed by atoms with Crippen molar-refractivity contribution in [2.24, 2.45) is 0 Å². The van der Waals surface area contributed by atoms with Crippen molar-refractivity contribution in [2.75, 3.05) is 19.7 Å². The van der Waals surface area contributed by atoms with Crippen LogP contribution in [0, 0.1) is 0 Å². The minimum absolute atomic E-state index is 0.110. The van der Waals surface area contributed by atoms with E-state index in [-0.39, 0.29) is 6.10 Å². The van der Waals surface area contributed by atoms with Gasteiger partial charge in [0, 0.05) is 19.5 Å². The van der Waals surface area contributed by atoms with Gasteiger partial charge in [-0.05, 0) is 44.5 Å². The molecule has 1 aromatic rings. The Labute approximate surface area is 125 Å². The first-order valence-electron chi connectivity index (χ1n) is 7.22. The van der Waals surface area contributed by atoms with E-state index in [1.165, 1.54) is 4.31 Å². The van der Waals surface area contributed by atoms with Crippen LogP contribution in [-0.2, 0) is 21.2 Å². The molecule has 5 nitrogen and oxygen atoms in total. The molecule has 0 bridgehead atoms. The van der Waals surface area contributed by atoms with Gasteiger partial charge in [-0.1, -0.05) is 0 Å². The second-order valence-electron chi connectivity index (χ2n) is 6.35. The van der Waals surface area contributed by atoms with Gasteiger partial charge < -0.3 is 9.47 Å². The third-order valence-corrected chi connectivity index (χ3v) is 5.64. The van der Waals surface area contributed by atoms with Crippen LogP contribution in [0.4, 0.5) is 0 Å². The summed E-state index contributed by atoms with van der Waals surface area (Å²) in [6.45, 7) is 7.12. The third-order valence-electron chi connectivity index (χ3n) is 3.84. The van der Waals surface area contributed by atoms with Gasteiger partial charge in [-0.2, -0.15) is 4.31 Å². The maximum absolute atomic E-state index is 12.8. The van der Waals surface area contributed by atoms with Gasteiger partial charge in [-0.3, -0.25) is 0 Å². The Morgan fingerprint density at radius 1 is 1.33 bits per heavy atom. The molecule has 0 saturated carbocycles. The largest absolute Gasteiger partial charge is 0.493 e. The lowest BCUT2D eigenvalue weighted by Gasteiger charge is -2.40. The molecule has 3 rings (SSSR count). The van der Waals surface area contributed by atoms with Crippen LogP contribution in [-0.4, -0.2) is 44.1 Å². The SMILES string of the molecule is CC1CN(S(=O)(=O)c2ccc3c(c2)CCO3)CC(C)(C)O1. The molecule has 21 heavy (non-hydrogen) atoms. The number of benzene rings is 1. The molecule has 1 saturated heterocycles. The van der Waals surface area contributed by atoms with Crippen LogP contribution in [0.25, 0.3) is 0 Å². The molecule has 1 atom stereocenters. The number of ether oxygens (including phenoxy) is 2. The summed E-state index contributed by atoms with van der Waals surface area (Å²) in [5.41, 5.74) is 0.501. The third kappa shape index (κ3) is 2.80. The Balaban J connectivity index is 1.93. The number of sulfonamides is 1. The van der Waals surface area contributed by atoms with Crippen molar-refractivity contribution in [1.29, 1.82) is 0 Å². The Bertz CT molecular complexity index is 654. The van der Waals surface area contributed by atoms with Crippen molar-refractivity contribution >= 4 is 10.0 Å². The minimum atomic E-state index is -3.49. The first-order valence-corrected chi connectivity index (χ1v) is 8.66. The molecule has 2 aliphatic heterocycles. The van der Waals surface area contributed by atoms with Crippen LogP contribution in [0.2, 0.25) is 0 Å². The molecule has 0 N–H and O–H groups in total. The van der Waals surface area contributed by atoms with Crippen molar-refractivity contribution in [3.05, 3.63) is 23.8 Å². The number of fused-ring (bicyclic) bond motifs is 1. The van der Waals surface area contributed by atoms with Gasteiger partial charge in [-0.15, -0.1) is 0 Å². The molecule has 1 unspecified atom stereocenters. The Morgan fingerprint density at radius 3 is 2.81 bits per heavy atom. The average Bonchev–Trinajstić information content (AvgIpc) is 2.83. The van der Waals surface area contributed by atoms with Gasteiger partial charge in [0.25, 0.3) is 0 Å². The van der Waals surface area contributed by atoms with Gasteiger partial charge in [0.2, 0.25) is 10.0 Å². The molecule has 1 fully saturated rings. The van der Waals surface area contributed by atoms with Crippen molar-refractivity contribution in [3.63, 3.8) is 0 Å². The summed E-state index contributed by atoms with van der Waals surface area (Å²) in [6.07, 6.45) is 0.658. The maximum Gasteiger partial charge on any atom is 0.243 e. The topological polar surface area (TPSA) is 55.8 Å². The monoisotopic (exact) mass is 311 g/mol. The normalized spacial score (nSPS) is 25.4. The maximum atomic E-state index is 12.8. The van der Waals surface area contributed by atoms with E-state index in [9.17, 15) is 8.42 Å². The lowest BCUT2D eigenvalue weighted by molar-refractivity contribution is -0.109. The number of hydrogen-bond donors (Lipinski definition) is 0. The number of rotatable bonds is 2. The summed E-state index contributed by atoms with van der Waals surface area (Å²) in [5, 5.41) is 0. The van der Waals surface area contributed by atoms with E-state index in [0.717, 1.165) is 17.7 Å². The molecule has 0 aliphatic carbocycles. The fourth-order valence-electron chi connectivity index (χ4n) is 3.05. The molecule has 0 amide bonds. The molecule has 0 aromatic heterocycles. The van der Waals surface area contributed by atoms with E-state index < -0.39 is 15.6 Å². The zero-order valence-corrected chi connectivity index (χ0v) is 13.4. The highest BCUT2D eigenvalue weighted by Gasteiger charge is 2.38. The highest BCUT2D eigenvalue weighted by molar-refractivity contribution is 7.89. The molecule has 0 spiro atoms. The highest BCUT2D eigenvalue weighted by atomic mass is 32.2. The van der Waals surface area contributed by atoms with Gasteiger partial charge in [-0.25, -0.2) is 8.42 Å². The molecule has 2 aliphatic rings. The molecule has 6 heteroatoms. The van der Waals surface area contributed by atoms with E-state index >= 15 is 0 Å². The summed E-state index contributed by atoms with van der Waals surface area (Å²) in [4.78, 5) is 0.344. The molecule has 116 valence electrons. The van der Waals surface area contributed by atoms with Gasteiger partial charge in [0.1, 0.15) is 5.75 Å². The number of nitrogens with zero attached hydrogens (tertiary/aromatic N) is 1. The standard InChI is InChI=1S/C15H21NO4S/c1-11-9-16(10-15(2,3)20-11)21(17,18)13-4-5-14-12(8-13)6-7-19-14/h4-5,8,11H,6-7,9-10H2,1-3H3. The fraction of sp³-hybridized carbons (Fsp3) is 0.600. The van der Waals surface area contributed by atoms with Crippen LogP contribution in [0.3, 0.4) is 0 Å². The second kappa shape index (κ2) is 4.97. The summed E-state index contributed by atoms with van der Waals surface area (Å²) in [6, 6.07) is 5.13. The van der Waals surface area contributed by atoms with Crippen LogP contribution in [0.15, 0.2) is 23.1 Å². The smallest absolute Gasteiger partial charge is 0.243 e. The fourth-order valence-corrected chi connectivity index (χ4v) is 4.77. The van der Waals surface area contributed by atoms with Crippen molar-refractivity contribution in [1.82, 2.24) is 4.31 Å². The number of hydrogen-bond acceptors (Lipinski definition) is 4. The zero-order valence-electron chi connectivity index (χ0n) is 12.6. The zero-order chi connectivity index (χ0) is 15.3. The van der Waals surface area contributed by atoms with Gasteiger partial charge >= 0.3 is 0 Å². The first kappa shape index (κ1) is 14.8. The minimum Gasteiger partial charge on any atom is -0.493 e. The van der Waals surface area contributed by atoms with Crippen molar-refractivity contribution in [2.45, 2.75) is 43.8 Å². The quantitative estimate of drug-likeness (QED) is 0.836. The Hall–Kier alpha value is -1.11. The number of morpholine rings is 1. The summed E-state index contributed by atoms with van der Waals surface area (Å²) in [5.74, 6) is 0.796. The molecule has 1 aromatic carbocycles. The highest BCUT2D eigenvalue weighted by Crippen LogP contribution is 2.31. The lowest BCUT2D eigenvalue weighted by Crippen LogP contribution is -2.53. The van der Waals surface area contributed by atoms with E-state index in [1.807, 2.05) is 20.8 Å². The van der Waals surface area contributed by atoms with Gasteiger partial charge in [0.15, 0.2) is 0 Å².